The molecule has 26 heavy (non-hydrogen) atoms. The van der Waals surface area contributed by atoms with Gasteiger partial charge in [-0.05, 0) is 48.5 Å². The molecule has 0 radical (unpaired) electrons. The molecule has 2 aromatic carbocycles. The summed E-state index contributed by atoms with van der Waals surface area (Å²) in [5, 5.41) is 0.522. The molecule has 0 unspecified atom stereocenters. The third kappa shape index (κ3) is 3.75. The number of ether oxygens (including phenoxy) is 1. The fourth-order valence-electron chi connectivity index (χ4n) is 2.24. The molecule has 8 heteroatoms. The minimum absolute atomic E-state index is 0.234. The van der Waals surface area contributed by atoms with Crippen LogP contribution in [0, 0.1) is 0 Å². The van der Waals surface area contributed by atoms with Crippen molar-refractivity contribution in [1.82, 2.24) is 10.9 Å². The molecule has 7 nitrogen and oxygen atoms in total. The Morgan fingerprint density at radius 2 is 1.69 bits per heavy atom. The molecule has 0 saturated heterocycles. The van der Waals surface area contributed by atoms with E-state index in [1.807, 2.05) is 0 Å². The lowest BCUT2D eigenvalue weighted by atomic mass is 10.1. The largest absolute Gasteiger partial charge is 0.497 e. The first-order valence-corrected chi connectivity index (χ1v) is 8.25. The van der Waals surface area contributed by atoms with Gasteiger partial charge in [0.25, 0.3) is 11.8 Å². The van der Waals surface area contributed by atoms with Crippen molar-refractivity contribution >= 4 is 38.7 Å². The Morgan fingerprint density at radius 3 is 2.38 bits per heavy atom. The van der Waals surface area contributed by atoms with Crippen molar-refractivity contribution in [2.24, 2.45) is 0 Å². The first-order valence-electron chi connectivity index (χ1n) is 7.46. The molecule has 0 saturated carbocycles. The zero-order chi connectivity index (χ0) is 18.7. The highest BCUT2D eigenvalue weighted by atomic mass is 79.9. The summed E-state index contributed by atoms with van der Waals surface area (Å²) < 4.78 is 11.1. The summed E-state index contributed by atoms with van der Waals surface area (Å²) in [5.41, 5.74) is 4.09. The van der Waals surface area contributed by atoms with Gasteiger partial charge in [0.2, 0.25) is 0 Å². The van der Waals surface area contributed by atoms with E-state index >= 15 is 0 Å². The second-order valence-corrected chi connectivity index (χ2v) is 6.18. The summed E-state index contributed by atoms with van der Waals surface area (Å²) in [4.78, 5) is 36.2. The number of carbonyl (C=O) groups excluding carboxylic acids is 2. The van der Waals surface area contributed by atoms with Crippen molar-refractivity contribution in [1.29, 1.82) is 0 Å². The minimum atomic E-state index is -0.807. The van der Waals surface area contributed by atoms with Crippen molar-refractivity contribution in [3.05, 3.63) is 74.6 Å². The van der Waals surface area contributed by atoms with Crippen molar-refractivity contribution in [2.75, 3.05) is 7.11 Å². The number of rotatable bonds is 3. The van der Waals surface area contributed by atoms with Crippen LogP contribution in [0.2, 0.25) is 0 Å². The van der Waals surface area contributed by atoms with Crippen LogP contribution in [0.4, 0.5) is 0 Å². The first kappa shape index (κ1) is 17.7. The van der Waals surface area contributed by atoms with E-state index in [9.17, 15) is 14.4 Å². The van der Waals surface area contributed by atoms with Gasteiger partial charge in [-0.2, -0.15) is 0 Å². The van der Waals surface area contributed by atoms with Gasteiger partial charge in [0.1, 0.15) is 16.9 Å². The third-order valence-corrected chi connectivity index (χ3v) is 4.11. The molecule has 0 fully saturated rings. The Kier molecular flexibility index (Phi) is 5.04. The minimum Gasteiger partial charge on any atom is -0.497 e. The van der Waals surface area contributed by atoms with E-state index < -0.39 is 17.4 Å². The molecule has 0 aliphatic heterocycles. The maximum absolute atomic E-state index is 12.2. The molecule has 0 aliphatic carbocycles. The van der Waals surface area contributed by atoms with Crippen molar-refractivity contribution in [3.63, 3.8) is 0 Å². The Balaban J connectivity index is 1.78. The van der Waals surface area contributed by atoms with E-state index in [1.54, 1.807) is 42.5 Å². The number of fused-ring (bicyclic) bond motifs is 1. The quantitative estimate of drug-likeness (QED) is 0.505. The van der Waals surface area contributed by atoms with Crippen LogP contribution in [0.25, 0.3) is 11.0 Å². The lowest BCUT2D eigenvalue weighted by Gasteiger charge is -2.08. The van der Waals surface area contributed by atoms with Gasteiger partial charge in [-0.25, -0.2) is 4.79 Å². The SMILES string of the molecule is COc1ccc2oc(=O)c(C(=O)NNC(=O)c3ccc(Br)cc3)cc2c1. The van der Waals surface area contributed by atoms with E-state index in [2.05, 4.69) is 26.8 Å². The van der Waals surface area contributed by atoms with Crippen LogP contribution in [0.3, 0.4) is 0 Å². The fourth-order valence-corrected chi connectivity index (χ4v) is 2.51. The Hall–Kier alpha value is -3.13. The smallest absolute Gasteiger partial charge is 0.349 e. The number of hydrogen-bond acceptors (Lipinski definition) is 5. The number of amides is 2. The van der Waals surface area contributed by atoms with Gasteiger partial charge >= 0.3 is 5.63 Å². The summed E-state index contributed by atoms with van der Waals surface area (Å²) in [6, 6.07) is 12.8. The van der Waals surface area contributed by atoms with Gasteiger partial charge in [0.15, 0.2) is 0 Å². The van der Waals surface area contributed by atoms with E-state index in [4.69, 9.17) is 9.15 Å². The Bertz CT molecular complexity index is 1040. The number of nitrogens with one attached hydrogen (secondary N) is 2. The highest BCUT2D eigenvalue weighted by Crippen LogP contribution is 2.20. The average molecular weight is 417 g/mol. The molecule has 0 atom stereocenters. The van der Waals surface area contributed by atoms with Gasteiger partial charge in [-0.15, -0.1) is 0 Å². The standard InChI is InChI=1S/C18H13BrN2O5/c1-25-13-6-7-15-11(8-13)9-14(18(24)26-15)17(23)21-20-16(22)10-2-4-12(19)5-3-10/h2-9H,1H3,(H,20,22)(H,21,23). The summed E-state index contributed by atoms with van der Waals surface area (Å²) >= 11 is 3.27. The van der Waals surface area contributed by atoms with Gasteiger partial charge in [0.05, 0.1) is 7.11 Å². The van der Waals surface area contributed by atoms with Crippen LogP contribution in [0.1, 0.15) is 20.7 Å². The predicted octanol–water partition coefficient (Wildman–Crippen LogP) is 2.64. The molecule has 0 aliphatic rings. The molecule has 2 N–H and O–H groups in total. The zero-order valence-electron chi connectivity index (χ0n) is 13.5. The van der Waals surface area contributed by atoms with Gasteiger partial charge in [-0.3, -0.25) is 20.4 Å². The Morgan fingerprint density at radius 1 is 1.00 bits per heavy atom. The van der Waals surface area contributed by atoms with Crippen molar-refractivity contribution in [2.45, 2.75) is 0 Å². The highest BCUT2D eigenvalue weighted by molar-refractivity contribution is 9.10. The lowest BCUT2D eigenvalue weighted by molar-refractivity contribution is 0.0844. The average Bonchev–Trinajstić information content (AvgIpc) is 2.65. The van der Waals surface area contributed by atoms with E-state index in [-0.39, 0.29) is 5.56 Å². The first-order chi connectivity index (χ1) is 12.5. The molecule has 2 amide bonds. The van der Waals surface area contributed by atoms with Crippen LogP contribution in [0.5, 0.6) is 5.75 Å². The summed E-state index contributed by atoms with van der Waals surface area (Å²) in [7, 11) is 1.51. The zero-order valence-corrected chi connectivity index (χ0v) is 15.1. The second kappa shape index (κ2) is 7.40. The Labute approximate surface area is 156 Å². The van der Waals surface area contributed by atoms with Gasteiger partial charge in [-0.1, -0.05) is 15.9 Å². The predicted molar refractivity (Wildman–Crippen MR) is 98.1 cm³/mol. The monoisotopic (exact) mass is 416 g/mol. The summed E-state index contributed by atoms with van der Waals surface area (Å²) in [5.74, 6) is -0.743. The highest BCUT2D eigenvalue weighted by Gasteiger charge is 2.15. The number of benzene rings is 2. The fraction of sp³-hybridized carbons (Fsp3) is 0.0556. The molecule has 3 rings (SSSR count). The number of halogens is 1. The second-order valence-electron chi connectivity index (χ2n) is 5.27. The molecule has 132 valence electrons. The van der Waals surface area contributed by atoms with Crippen LogP contribution >= 0.6 is 15.9 Å². The van der Waals surface area contributed by atoms with Gasteiger partial charge in [0, 0.05) is 15.4 Å². The summed E-state index contributed by atoms with van der Waals surface area (Å²) in [6.07, 6.45) is 0. The number of methoxy groups -OCH3 is 1. The number of hydrogen-bond donors (Lipinski definition) is 2. The summed E-state index contributed by atoms with van der Waals surface area (Å²) in [6.45, 7) is 0. The maximum atomic E-state index is 12.2. The third-order valence-electron chi connectivity index (χ3n) is 3.58. The molecular weight excluding hydrogens is 404 g/mol. The van der Waals surface area contributed by atoms with Crippen LogP contribution in [0.15, 0.2) is 62.2 Å². The molecular formula is C18H13BrN2O5. The molecule has 0 bridgehead atoms. The topological polar surface area (TPSA) is 97.6 Å². The number of hydrazine groups is 1. The van der Waals surface area contributed by atoms with Gasteiger partial charge < -0.3 is 9.15 Å². The molecule has 1 heterocycles. The van der Waals surface area contributed by atoms with E-state index in [0.717, 1.165) is 4.47 Å². The lowest BCUT2D eigenvalue weighted by Crippen LogP contribution is -2.43. The van der Waals surface area contributed by atoms with E-state index in [0.29, 0.717) is 22.3 Å². The van der Waals surface area contributed by atoms with Crippen LogP contribution in [-0.4, -0.2) is 18.9 Å². The molecule has 1 aromatic heterocycles. The van der Waals surface area contributed by atoms with Crippen molar-refractivity contribution in [3.8, 4) is 5.75 Å². The van der Waals surface area contributed by atoms with Crippen LogP contribution in [-0.2, 0) is 0 Å². The van der Waals surface area contributed by atoms with E-state index in [1.165, 1.54) is 13.2 Å². The van der Waals surface area contributed by atoms with Crippen LogP contribution < -0.4 is 21.2 Å². The number of carbonyl (C=O) groups is 2. The normalized spacial score (nSPS) is 10.4. The molecule has 3 aromatic rings. The maximum Gasteiger partial charge on any atom is 0.349 e. The van der Waals surface area contributed by atoms with Crippen molar-refractivity contribution < 1.29 is 18.7 Å². The molecule has 0 spiro atoms.